The van der Waals surface area contributed by atoms with E-state index in [2.05, 4.69) is 23.7 Å². The summed E-state index contributed by atoms with van der Waals surface area (Å²) in [6, 6.07) is 8.31. The van der Waals surface area contributed by atoms with Gasteiger partial charge in [0.05, 0.1) is 9.67 Å². The fraction of sp³-hybridized carbons (Fsp3) is 0.500. The third-order valence-electron chi connectivity index (χ3n) is 5.59. The van der Waals surface area contributed by atoms with E-state index in [0.717, 1.165) is 36.3 Å². The summed E-state index contributed by atoms with van der Waals surface area (Å²) in [5, 5.41) is 10.9. The lowest BCUT2D eigenvalue weighted by molar-refractivity contribution is -0.384. The van der Waals surface area contributed by atoms with Gasteiger partial charge in [0.25, 0.3) is 5.69 Å². The summed E-state index contributed by atoms with van der Waals surface area (Å²) in [7, 11) is -0.836. The molecule has 8 heteroatoms. The number of nitrogens with zero attached hydrogens (tertiary/aromatic N) is 4. The molecule has 150 valence electrons. The SMILES string of the molecule is CCc1cc(N2CCS(=O)C(CC)(CC)C2)nc(-c2ccc([N+](=O)[O-])cc2)n1. The summed E-state index contributed by atoms with van der Waals surface area (Å²) in [4.78, 5) is 22.1. The molecule has 0 saturated carbocycles. The van der Waals surface area contributed by atoms with E-state index in [4.69, 9.17) is 4.98 Å². The normalized spacial score (nSPS) is 18.8. The van der Waals surface area contributed by atoms with Gasteiger partial charge in [-0.3, -0.25) is 14.3 Å². The second-order valence-corrected chi connectivity index (χ2v) is 9.03. The molecule has 0 aliphatic carbocycles. The van der Waals surface area contributed by atoms with Crippen molar-refractivity contribution in [2.45, 2.75) is 44.8 Å². The van der Waals surface area contributed by atoms with Crippen molar-refractivity contribution >= 4 is 22.3 Å². The maximum Gasteiger partial charge on any atom is 0.269 e. The molecule has 1 aliphatic heterocycles. The van der Waals surface area contributed by atoms with E-state index in [1.54, 1.807) is 12.1 Å². The van der Waals surface area contributed by atoms with Crippen LogP contribution in [0.25, 0.3) is 11.4 Å². The highest BCUT2D eigenvalue weighted by Gasteiger charge is 2.39. The number of nitro benzene ring substituents is 1. The minimum atomic E-state index is -0.836. The summed E-state index contributed by atoms with van der Waals surface area (Å²) in [5.41, 5.74) is 1.72. The van der Waals surface area contributed by atoms with E-state index >= 15 is 0 Å². The van der Waals surface area contributed by atoms with Crippen molar-refractivity contribution in [3.63, 3.8) is 0 Å². The third-order valence-corrected chi connectivity index (χ3v) is 7.81. The number of hydrogen-bond donors (Lipinski definition) is 0. The summed E-state index contributed by atoms with van der Waals surface area (Å²) in [6.45, 7) is 7.66. The standard InChI is InChI=1S/C20H26N4O3S/c1-4-16-13-18(23-11-12-28(27)20(5-2,6-3)14-23)22-19(21-16)15-7-9-17(10-8-15)24(25)26/h7-10,13H,4-6,11-12,14H2,1-3H3. The van der Waals surface area contributed by atoms with Crippen molar-refractivity contribution in [2.75, 3.05) is 23.7 Å². The molecule has 0 radical (unpaired) electrons. The van der Waals surface area contributed by atoms with Gasteiger partial charge in [-0.1, -0.05) is 20.8 Å². The van der Waals surface area contributed by atoms with Crippen LogP contribution in [0.4, 0.5) is 11.5 Å². The third kappa shape index (κ3) is 3.92. The molecule has 1 atom stereocenters. The van der Waals surface area contributed by atoms with Crippen molar-refractivity contribution < 1.29 is 9.13 Å². The Bertz CT molecular complexity index is 882. The molecule has 0 bridgehead atoms. The summed E-state index contributed by atoms with van der Waals surface area (Å²) >= 11 is 0. The Morgan fingerprint density at radius 1 is 1.18 bits per heavy atom. The van der Waals surface area contributed by atoms with Crippen LogP contribution in [0.1, 0.15) is 39.3 Å². The summed E-state index contributed by atoms with van der Waals surface area (Å²) in [5.74, 6) is 2.04. The quantitative estimate of drug-likeness (QED) is 0.540. The van der Waals surface area contributed by atoms with Crippen LogP contribution >= 0.6 is 0 Å². The van der Waals surface area contributed by atoms with E-state index in [9.17, 15) is 14.3 Å². The Hall–Kier alpha value is -2.35. The molecule has 1 aromatic carbocycles. The van der Waals surface area contributed by atoms with Gasteiger partial charge < -0.3 is 4.90 Å². The molecule has 1 aliphatic rings. The minimum absolute atomic E-state index is 0.0461. The smallest absolute Gasteiger partial charge is 0.269 e. The number of aromatic nitrogens is 2. The van der Waals surface area contributed by atoms with Crippen LogP contribution in [0.15, 0.2) is 30.3 Å². The molecule has 2 heterocycles. The average Bonchev–Trinajstić information content (AvgIpc) is 2.74. The first-order chi connectivity index (χ1) is 13.4. The van der Waals surface area contributed by atoms with Crippen molar-refractivity contribution in [1.82, 2.24) is 9.97 Å². The number of hydrogen-bond acceptors (Lipinski definition) is 6. The van der Waals surface area contributed by atoms with E-state index < -0.39 is 15.7 Å². The average molecular weight is 403 g/mol. The van der Waals surface area contributed by atoms with Gasteiger partial charge >= 0.3 is 0 Å². The highest BCUT2D eigenvalue weighted by Crippen LogP contribution is 2.31. The van der Waals surface area contributed by atoms with Crippen LogP contribution in [0.3, 0.4) is 0 Å². The highest BCUT2D eigenvalue weighted by molar-refractivity contribution is 7.86. The van der Waals surface area contributed by atoms with E-state index in [0.29, 0.717) is 24.7 Å². The molecule has 1 aromatic heterocycles. The Labute approximate surface area is 167 Å². The molecular formula is C20H26N4O3S. The first kappa shape index (κ1) is 20.4. The number of aryl methyl sites for hydroxylation is 1. The first-order valence-electron chi connectivity index (χ1n) is 9.68. The highest BCUT2D eigenvalue weighted by atomic mass is 32.2. The van der Waals surface area contributed by atoms with Gasteiger partial charge in [-0.15, -0.1) is 0 Å². The van der Waals surface area contributed by atoms with Crippen LogP contribution in [0, 0.1) is 10.1 Å². The molecule has 1 unspecified atom stereocenters. The summed E-state index contributed by atoms with van der Waals surface area (Å²) in [6.07, 6.45) is 2.50. The Kier molecular flexibility index (Phi) is 6.07. The predicted octanol–water partition coefficient (Wildman–Crippen LogP) is 3.74. The molecule has 2 aromatic rings. The Morgan fingerprint density at radius 3 is 2.43 bits per heavy atom. The molecule has 1 fully saturated rings. The maximum absolute atomic E-state index is 12.7. The number of rotatable bonds is 6. The largest absolute Gasteiger partial charge is 0.354 e. The Morgan fingerprint density at radius 2 is 1.86 bits per heavy atom. The van der Waals surface area contributed by atoms with E-state index in [1.165, 1.54) is 12.1 Å². The van der Waals surface area contributed by atoms with Gasteiger partial charge in [-0.05, 0) is 31.4 Å². The van der Waals surface area contributed by atoms with Crippen LogP contribution < -0.4 is 4.90 Å². The van der Waals surface area contributed by atoms with Gasteiger partial charge in [0.15, 0.2) is 5.82 Å². The first-order valence-corrected chi connectivity index (χ1v) is 11.0. The monoisotopic (exact) mass is 402 g/mol. The second-order valence-electron chi connectivity index (χ2n) is 7.06. The molecule has 0 amide bonds. The molecule has 28 heavy (non-hydrogen) atoms. The van der Waals surface area contributed by atoms with Gasteiger partial charge in [0.2, 0.25) is 0 Å². The van der Waals surface area contributed by atoms with Crippen molar-refractivity contribution in [3.8, 4) is 11.4 Å². The molecular weight excluding hydrogens is 376 g/mol. The lowest BCUT2D eigenvalue weighted by Gasteiger charge is -2.41. The fourth-order valence-corrected chi connectivity index (χ4v) is 5.35. The minimum Gasteiger partial charge on any atom is -0.354 e. The number of benzene rings is 1. The molecule has 7 nitrogen and oxygen atoms in total. The Balaban J connectivity index is 1.97. The lowest BCUT2D eigenvalue weighted by Crippen LogP contribution is -2.53. The number of anilines is 1. The zero-order valence-corrected chi connectivity index (χ0v) is 17.4. The van der Waals surface area contributed by atoms with Crippen LogP contribution in [0.5, 0.6) is 0 Å². The molecule has 0 spiro atoms. The van der Waals surface area contributed by atoms with Crippen LogP contribution in [-0.4, -0.2) is 42.7 Å². The van der Waals surface area contributed by atoms with Gasteiger partial charge in [0.1, 0.15) is 5.82 Å². The second kappa shape index (κ2) is 8.34. The topological polar surface area (TPSA) is 89.2 Å². The summed E-state index contributed by atoms with van der Waals surface area (Å²) < 4.78 is 12.4. The van der Waals surface area contributed by atoms with Crippen molar-refractivity contribution in [1.29, 1.82) is 0 Å². The van der Waals surface area contributed by atoms with E-state index in [-0.39, 0.29) is 10.4 Å². The lowest BCUT2D eigenvalue weighted by atomic mass is 10.0. The maximum atomic E-state index is 12.7. The van der Waals surface area contributed by atoms with Crippen LogP contribution in [0.2, 0.25) is 0 Å². The molecule has 1 saturated heterocycles. The predicted molar refractivity (Wildman–Crippen MR) is 112 cm³/mol. The zero-order valence-electron chi connectivity index (χ0n) is 16.6. The number of nitro groups is 1. The van der Waals surface area contributed by atoms with Gasteiger partial charge in [-0.2, -0.15) is 0 Å². The van der Waals surface area contributed by atoms with Crippen molar-refractivity contribution in [3.05, 3.63) is 46.1 Å². The van der Waals surface area contributed by atoms with Crippen LogP contribution in [-0.2, 0) is 17.2 Å². The van der Waals surface area contributed by atoms with Crippen molar-refractivity contribution in [2.24, 2.45) is 0 Å². The van der Waals surface area contributed by atoms with E-state index in [1.807, 2.05) is 13.0 Å². The molecule has 3 rings (SSSR count). The number of non-ortho nitro benzene ring substituents is 1. The zero-order chi connectivity index (χ0) is 20.3. The van der Waals surface area contributed by atoms with Gasteiger partial charge in [0, 0.05) is 59.1 Å². The fourth-order valence-electron chi connectivity index (χ4n) is 3.59. The molecule has 0 N–H and O–H groups in total. The van der Waals surface area contributed by atoms with Gasteiger partial charge in [-0.25, -0.2) is 9.97 Å².